The SMILES string of the molecule is Nc1ccc(-c2csc(-c3c(F)cc(F)cc3F)n2)cc1. The normalized spacial score (nSPS) is 10.8. The van der Waals surface area contributed by atoms with Crippen molar-refractivity contribution in [1.29, 1.82) is 0 Å². The van der Waals surface area contributed by atoms with Crippen molar-refractivity contribution < 1.29 is 13.2 Å². The van der Waals surface area contributed by atoms with Crippen LogP contribution < -0.4 is 5.73 Å². The summed E-state index contributed by atoms with van der Waals surface area (Å²) in [5.74, 6) is -2.89. The van der Waals surface area contributed by atoms with E-state index in [1.165, 1.54) is 0 Å². The first-order chi connectivity index (χ1) is 10.0. The smallest absolute Gasteiger partial charge is 0.139 e. The Morgan fingerprint density at radius 1 is 0.952 bits per heavy atom. The van der Waals surface area contributed by atoms with Crippen LogP contribution in [0.25, 0.3) is 21.8 Å². The van der Waals surface area contributed by atoms with Crippen molar-refractivity contribution >= 4 is 17.0 Å². The molecule has 0 spiro atoms. The van der Waals surface area contributed by atoms with E-state index < -0.39 is 17.5 Å². The van der Waals surface area contributed by atoms with E-state index in [0.29, 0.717) is 23.5 Å². The van der Waals surface area contributed by atoms with E-state index in [4.69, 9.17) is 5.73 Å². The fourth-order valence-corrected chi connectivity index (χ4v) is 2.80. The van der Waals surface area contributed by atoms with E-state index >= 15 is 0 Å². The minimum atomic E-state index is -0.967. The Labute approximate surface area is 122 Å². The third kappa shape index (κ3) is 2.62. The van der Waals surface area contributed by atoms with Crippen LogP contribution in [0.1, 0.15) is 0 Å². The standard InChI is InChI=1S/C15H9F3N2S/c16-9-5-11(17)14(12(18)6-9)15-20-13(7-21-15)8-1-3-10(19)4-2-8/h1-7H,19H2. The largest absolute Gasteiger partial charge is 0.399 e. The van der Waals surface area contributed by atoms with E-state index in [1.807, 2.05) is 0 Å². The number of thiazole rings is 1. The topological polar surface area (TPSA) is 38.9 Å². The number of halogens is 3. The number of nitrogen functional groups attached to an aromatic ring is 1. The van der Waals surface area contributed by atoms with Crippen LogP contribution in [0.5, 0.6) is 0 Å². The molecule has 3 rings (SSSR count). The van der Waals surface area contributed by atoms with Crippen LogP contribution in [-0.4, -0.2) is 4.98 Å². The number of hydrogen-bond acceptors (Lipinski definition) is 3. The summed E-state index contributed by atoms with van der Waals surface area (Å²) >= 11 is 1.09. The Balaban J connectivity index is 2.05. The maximum Gasteiger partial charge on any atom is 0.139 e. The molecule has 1 aromatic heterocycles. The summed E-state index contributed by atoms with van der Waals surface area (Å²) in [6.07, 6.45) is 0. The monoisotopic (exact) mass is 306 g/mol. The van der Waals surface area contributed by atoms with Gasteiger partial charge in [0.2, 0.25) is 0 Å². The lowest BCUT2D eigenvalue weighted by Gasteiger charge is -2.01. The second kappa shape index (κ2) is 5.21. The molecule has 0 aliphatic rings. The van der Waals surface area contributed by atoms with Gasteiger partial charge in [-0.25, -0.2) is 18.2 Å². The molecule has 6 heteroatoms. The lowest BCUT2D eigenvalue weighted by molar-refractivity contribution is 0.548. The van der Waals surface area contributed by atoms with Gasteiger partial charge in [-0.15, -0.1) is 11.3 Å². The molecule has 0 saturated carbocycles. The second-order valence-corrected chi connectivity index (χ2v) is 5.26. The summed E-state index contributed by atoms with van der Waals surface area (Å²) in [6, 6.07) is 8.25. The summed E-state index contributed by atoms with van der Waals surface area (Å²) in [4.78, 5) is 4.21. The van der Waals surface area contributed by atoms with Gasteiger partial charge in [0.05, 0.1) is 11.3 Å². The maximum atomic E-state index is 13.7. The highest BCUT2D eigenvalue weighted by atomic mass is 32.1. The van der Waals surface area contributed by atoms with Crippen molar-refractivity contribution in [2.24, 2.45) is 0 Å². The van der Waals surface area contributed by atoms with Crippen molar-refractivity contribution in [2.75, 3.05) is 5.73 Å². The van der Waals surface area contributed by atoms with Crippen LogP contribution in [-0.2, 0) is 0 Å². The van der Waals surface area contributed by atoms with Gasteiger partial charge in [-0.1, -0.05) is 12.1 Å². The van der Waals surface area contributed by atoms with E-state index in [-0.39, 0.29) is 10.6 Å². The molecule has 0 fully saturated rings. The van der Waals surface area contributed by atoms with Crippen LogP contribution in [0.3, 0.4) is 0 Å². The number of hydrogen-bond donors (Lipinski definition) is 1. The van der Waals surface area contributed by atoms with Crippen LogP contribution >= 0.6 is 11.3 Å². The fourth-order valence-electron chi connectivity index (χ4n) is 1.92. The van der Waals surface area contributed by atoms with Gasteiger partial charge in [0.15, 0.2) is 0 Å². The number of benzene rings is 2. The lowest BCUT2D eigenvalue weighted by atomic mass is 10.1. The lowest BCUT2D eigenvalue weighted by Crippen LogP contribution is -1.92. The molecule has 1 heterocycles. The minimum absolute atomic E-state index is 0.164. The van der Waals surface area contributed by atoms with Gasteiger partial charge in [-0.2, -0.15) is 0 Å². The molecule has 106 valence electrons. The summed E-state index contributed by atoms with van der Waals surface area (Å²) in [5, 5.41) is 1.85. The number of aromatic nitrogens is 1. The first kappa shape index (κ1) is 13.6. The Bertz CT molecular complexity index is 774. The minimum Gasteiger partial charge on any atom is -0.399 e. The molecule has 0 unspecified atom stereocenters. The van der Waals surface area contributed by atoms with Crippen molar-refractivity contribution in [1.82, 2.24) is 4.98 Å². The van der Waals surface area contributed by atoms with Gasteiger partial charge < -0.3 is 5.73 Å². The Morgan fingerprint density at radius 3 is 2.19 bits per heavy atom. The Hall–Kier alpha value is -2.34. The Morgan fingerprint density at radius 2 is 1.57 bits per heavy atom. The first-order valence-electron chi connectivity index (χ1n) is 6.01. The van der Waals surface area contributed by atoms with E-state index in [2.05, 4.69) is 4.98 Å². The molecule has 0 radical (unpaired) electrons. The predicted octanol–water partition coefficient (Wildman–Crippen LogP) is 4.48. The average Bonchev–Trinajstić information content (AvgIpc) is 2.87. The van der Waals surface area contributed by atoms with Gasteiger partial charge in [-0.05, 0) is 12.1 Å². The van der Waals surface area contributed by atoms with Gasteiger partial charge in [0, 0.05) is 28.8 Å². The van der Waals surface area contributed by atoms with Crippen LogP contribution in [0.4, 0.5) is 18.9 Å². The van der Waals surface area contributed by atoms with Gasteiger partial charge in [0.1, 0.15) is 22.5 Å². The van der Waals surface area contributed by atoms with E-state index in [0.717, 1.165) is 16.9 Å². The molecule has 0 bridgehead atoms. The predicted molar refractivity (Wildman–Crippen MR) is 77.3 cm³/mol. The average molecular weight is 306 g/mol. The molecule has 3 aromatic rings. The van der Waals surface area contributed by atoms with Crippen LogP contribution in [0.15, 0.2) is 41.8 Å². The van der Waals surface area contributed by atoms with Crippen molar-refractivity contribution in [3.63, 3.8) is 0 Å². The fraction of sp³-hybridized carbons (Fsp3) is 0. The summed E-state index contributed by atoms with van der Waals surface area (Å²) in [7, 11) is 0. The third-order valence-electron chi connectivity index (χ3n) is 2.93. The third-order valence-corrected chi connectivity index (χ3v) is 3.79. The zero-order valence-corrected chi connectivity index (χ0v) is 11.4. The molecular weight excluding hydrogens is 297 g/mol. The molecule has 0 amide bonds. The number of rotatable bonds is 2. The Kier molecular flexibility index (Phi) is 3.39. The van der Waals surface area contributed by atoms with Crippen molar-refractivity contribution in [3.8, 4) is 21.8 Å². The van der Waals surface area contributed by atoms with Gasteiger partial charge >= 0.3 is 0 Å². The molecule has 0 saturated heterocycles. The van der Waals surface area contributed by atoms with Crippen molar-refractivity contribution in [3.05, 3.63) is 59.2 Å². The molecule has 2 N–H and O–H groups in total. The molecule has 0 atom stereocenters. The molecular formula is C15H9F3N2S. The molecule has 2 nitrogen and oxygen atoms in total. The number of nitrogens with two attached hydrogens (primary N) is 1. The van der Waals surface area contributed by atoms with Crippen molar-refractivity contribution in [2.45, 2.75) is 0 Å². The maximum absolute atomic E-state index is 13.7. The first-order valence-corrected chi connectivity index (χ1v) is 6.89. The summed E-state index contributed by atoms with van der Waals surface area (Å²) in [5.41, 5.74) is 7.27. The molecule has 0 aliphatic carbocycles. The summed E-state index contributed by atoms with van der Waals surface area (Å²) < 4.78 is 40.4. The van der Waals surface area contributed by atoms with Crippen LogP contribution in [0, 0.1) is 17.5 Å². The molecule has 0 aliphatic heterocycles. The zero-order valence-electron chi connectivity index (χ0n) is 10.6. The number of nitrogens with zero attached hydrogens (tertiary/aromatic N) is 1. The molecule has 21 heavy (non-hydrogen) atoms. The van der Waals surface area contributed by atoms with Gasteiger partial charge in [0.25, 0.3) is 0 Å². The van der Waals surface area contributed by atoms with E-state index in [1.54, 1.807) is 29.6 Å². The second-order valence-electron chi connectivity index (χ2n) is 4.40. The number of anilines is 1. The van der Waals surface area contributed by atoms with Crippen LogP contribution in [0.2, 0.25) is 0 Å². The zero-order chi connectivity index (χ0) is 15.0. The van der Waals surface area contributed by atoms with Gasteiger partial charge in [-0.3, -0.25) is 0 Å². The quantitative estimate of drug-likeness (QED) is 0.709. The highest BCUT2D eigenvalue weighted by molar-refractivity contribution is 7.13. The highest BCUT2D eigenvalue weighted by Crippen LogP contribution is 2.32. The molecule has 2 aromatic carbocycles. The summed E-state index contributed by atoms with van der Waals surface area (Å²) in [6.45, 7) is 0. The van der Waals surface area contributed by atoms with E-state index in [9.17, 15) is 13.2 Å². The highest BCUT2D eigenvalue weighted by Gasteiger charge is 2.17.